The van der Waals surface area contributed by atoms with Crippen LogP contribution >= 0.6 is 0 Å². The van der Waals surface area contributed by atoms with E-state index in [4.69, 9.17) is 9.47 Å². The smallest absolute Gasteiger partial charge is 0.342 e. The van der Waals surface area contributed by atoms with Crippen LogP contribution in [0.1, 0.15) is 12.5 Å². The first-order valence-corrected chi connectivity index (χ1v) is 7.59. The van der Waals surface area contributed by atoms with Gasteiger partial charge in [-0.15, -0.1) is 5.10 Å². The molecular weight excluding hydrogens is 360 g/mol. The number of nitrogens with zero attached hydrogens (tertiary/aromatic N) is 2. The minimum atomic E-state index is -0.870. The second-order valence-corrected chi connectivity index (χ2v) is 5.23. The first-order chi connectivity index (χ1) is 12.8. The molecule has 0 saturated heterocycles. The summed E-state index contributed by atoms with van der Waals surface area (Å²) in [6.45, 7) is 1.48. The Bertz CT molecular complexity index is 941. The van der Waals surface area contributed by atoms with Gasteiger partial charge in [0.15, 0.2) is 11.5 Å². The number of phenols is 1. The van der Waals surface area contributed by atoms with Crippen molar-refractivity contribution in [2.45, 2.75) is 13.0 Å². The van der Waals surface area contributed by atoms with E-state index in [1.54, 1.807) is 0 Å². The zero-order chi connectivity index (χ0) is 20.0. The topological polar surface area (TPSA) is 171 Å². The quantitative estimate of drug-likeness (QED) is 0.306. The molecule has 12 heteroatoms. The van der Waals surface area contributed by atoms with E-state index in [-0.39, 0.29) is 23.1 Å². The summed E-state index contributed by atoms with van der Waals surface area (Å²) in [5.41, 5.74) is 1.27. The Hall–Kier alpha value is -3.83. The van der Waals surface area contributed by atoms with Crippen molar-refractivity contribution in [3.05, 3.63) is 38.5 Å². The molecule has 2 aromatic rings. The van der Waals surface area contributed by atoms with E-state index in [1.165, 1.54) is 39.5 Å². The van der Waals surface area contributed by atoms with Crippen LogP contribution in [0.4, 0.5) is 5.82 Å². The number of hydrazone groups is 1. The molecule has 5 N–H and O–H groups in total. The molecule has 27 heavy (non-hydrogen) atoms. The molecule has 0 bridgehead atoms. The zero-order valence-corrected chi connectivity index (χ0v) is 14.7. The van der Waals surface area contributed by atoms with Crippen molar-refractivity contribution in [2.75, 3.05) is 19.5 Å². The molecule has 144 valence electrons. The molecule has 12 nitrogen and oxygen atoms in total. The monoisotopic (exact) mass is 378 g/mol. The maximum absolute atomic E-state index is 12.0. The lowest BCUT2D eigenvalue weighted by Gasteiger charge is -2.11. The summed E-state index contributed by atoms with van der Waals surface area (Å²) < 4.78 is 10.1. The van der Waals surface area contributed by atoms with Crippen LogP contribution in [-0.4, -0.2) is 52.7 Å². The summed E-state index contributed by atoms with van der Waals surface area (Å²) in [5, 5.41) is 21.8. The second kappa shape index (κ2) is 8.51. The number of aromatic hydroxyl groups is 1. The van der Waals surface area contributed by atoms with Crippen LogP contribution in [0.3, 0.4) is 0 Å². The lowest BCUT2D eigenvalue weighted by Crippen LogP contribution is -2.38. The van der Waals surface area contributed by atoms with Crippen LogP contribution in [0, 0.1) is 0 Å². The number of carbonyl (C=O) groups is 1. The van der Waals surface area contributed by atoms with Crippen molar-refractivity contribution in [3.8, 4) is 17.2 Å². The number of aromatic nitrogens is 3. The van der Waals surface area contributed by atoms with Gasteiger partial charge < -0.3 is 19.9 Å². The van der Waals surface area contributed by atoms with Gasteiger partial charge in [-0.3, -0.25) is 14.6 Å². The molecule has 1 aromatic heterocycles. The molecule has 1 aromatic carbocycles. The first kappa shape index (κ1) is 19.5. The number of rotatable bonds is 7. The third kappa shape index (κ3) is 4.84. The number of carbonyl (C=O) groups excluding carboxylic acids is 1. The van der Waals surface area contributed by atoms with Gasteiger partial charge in [-0.2, -0.15) is 5.10 Å². The number of ether oxygens (including phenoxy) is 2. The van der Waals surface area contributed by atoms with E-state index in [9.17, 15) is 19.5 Å². The molecule has 1 heterocycles. The van der Waals surface area contributed by atoms with E-state index in [0.717, 1.165) is 0 Å². The largest absolute Gasteiger partial charge is 0.502 e. The van der Waals surface area contributed by atoms with Crippen molar-refractivity contribution >= 4 is 17.9 Å². The maximum Gasteiger partial charge on any atom is 0.342 e. The standard InChI is InChI=1S/C15H18N6O6/c1-7(17-12-14(24)18-15(25)21-19-12)13(23)20-16-6-8-4-9(26-2)11(22)10(5-8)27-3/h4-7,22H,1-3H3,(H,17,19)(H,20,23)(H2,18,21,24,25). The lowest BCUT2D eigenvalue weighted by atomic mass is 10.2. The van der Waals surface area contributed by atoms with Gasteiger partial charge in [-0.25, -0.2) is 15.3 Å². The average molecular weight is 378 g/mol. The fourth-order valence-corrected chi connectivity index (χ4v) is 1.97. The molecule has 1 atom stereocenters. The van der Waals surface area contributed by atoms with Crippen LogP contribution in [0.2, 0.25) is 0 Å². The predicted molar refractivity (Wildman–Crippen MR) is 95.5 cm³/mol. The van der Waals surface area contributed by atoms with Crippen molar-refractivity contribution in [3.63, 3.8) is 0 Å². The van der Waals surface area contributed by atoms with Gasteiger partial charge in [0, 0.05) is 5.56 Å². The fraction of sp³-hybridized carbons (Fsp3) is 0.267. The van der Waals surface area contributed by atoms with Gasteiger partial charge in [0.25, 0.3) is 11.5 Å². The SMILES string of the molecule is COc1cc(C=NNC(=O)C(C)Nc2n[nH]c(=O)[nH]c2=O)cc(OC)c1O. The normalized spacial score (nSPS) is 11.8. The summed E-state index contributed by atoms with van der Waals surface area (Å²) in [7, 11) is 2.77. The van der Waals surface area contributed by atoms with Crippen LogP contribution in [-0.2, 0) is 4.79 Å². The summed E-state index contributed by atoms with van der Waals surface area (Å²) >= 11 is 0. The van der Waals surface area contributed by atoms with Crippen LogP contribution in [0.5, 0.6) is 17.2 Å². The Morgan fingerprint density at radius 1 is 1.30 bits per heavy atom. The summed E-state index contributed by atoms with van der Waals surface area (Å²) in [6, 6.07) is 2.13. The van der Waals surface area contributed by atoms with Crippen molar-refractivity contribution in [1.82, 2.24) is 20.6 Å². The third-order valence-electron chi connectivity index (χ3n) is 3.35. The van der Waals surface area contributed by atoms with Crippen molar-refractivity contribution in [1.29, 1.82) is 0 Å². The fourth-order valence-electron chi connectivity index (χ4n) is 1.97. The third-order valence-corrected chi connectivity index (χ3v) is 3.35. The highest BCUT2D eigenvalue weighted by Crippen LogP contribution is 2.36. The molecule has 0 aliphatic carbocycles. The Labute approximate surface area is 152 Å². The molecule has 1 unspecified atom stereocenters. The Morgan fingerprint density at radius 3 is 2.48 bits per heavy atom. The number of phenolic OH excluding ortho intramolecular Hbond substituents is 1. The number of methoxy groups -OCH3 is 2. The van der Waals surface area contributed by atoms with Gasteiger partial charge in [0.05, 0.1) is 20.4 Å². The van der Waals surface area contributed by atoms with Gasteiger partial charge >= 0.3 is 5.69 Å². The molecule has 0 saturated carbocycles. The average Bonchev–Trinajstić information content (AvgIpc) is 2.64. The highest BCUT2D eigenvalue weighted by atomic mass is 16.5. The van der Waals surface area contributed by atoms with Gasteiger partial charge in [-0.05, 0) is 19.1 Å². The maximum atomic E-state index is 12.0. The van der Waals surface area contributed by atoms with Crippen LogP contribution in [0.25, 0.3) is 0 Å². The summed E-state index contributed by atoms with van der Waals surface area (Å²) in [5.74, 6) is -0.565. The number of benzene rings is 1. The predicted octanol–water partition coefficient (Wildman–Crippen LogP) is -0.868. The lowest BCUT2D eigenvalue weighted by molar-refractivity contribution is -0.121. The number of hydrogen-bond acceptors (Lipinski definition) is 9. The molecule has 0 aliphatic heterocycles. The minimum Gasteiger partial charge on any atom is -0.502 e. The highest BCUT2D eigenvalue weighted by Gasteiger charge is 2.15. The van der Waals surface area contributed by atoms with Crippen molar-refractivity contribution < 1.29 is 19.4 Å². The molecule has 0 radical (unpaired) electrons. The molecule has 2 rings (SSSR count). The number of amides is 1. The van der Waals surface area contributed by atoms with Gasteiger partial charge in [-0.1, -0.05) is 0 Å². The number of aromatic amines is 2. The molecule has 1 amide bonds. The number of hydrogen-bond donors (Lipinski definition) is 5. The number of H-pyrrole nitrogens is 2. The molecule has 0 fully saturated rings. The second-order valence-electron chi connectivity index (χ2n) is 5.23. The summed E-state index contributed by atoms with van der Waals surface area (Å²) in [6.07, 6.45) is 1.32. The Morgan fingerprint density at radius 2 is 1.93 bits per heavy atom. The van der Waals surface area contributed by atoms with Gasteiger partial charge in [0.1, 0.15) is 6.04 Å². The summed E-state index contributed by atoms with van der Waals surface area (Å²) in [4.78, 5) is 36.5. The van der Waals surface area contributed by atoms with E-state index in [2.05, 4.69) is 20.9 Å². The van der Waals surface area contributed by atoms with Gasteiger partial charge in [0.2, 0.25) is 11.6 Å². The van der Waals surface area contributed by atoms with E-state index < -0.39 is 23.2 Å². The zero-order valence-electron chi connectivity index (χ0n) is 14.7. The first-order valence-electron chi connectivity index (χ1n) is 7.59. The molecular formula is C15H18N6O6. The van der Waals surface area contributed by atoms with Crippen LogP contribution in [0.15, 0.2) is 26.8 Å². The van der Waals surface area contributed by atoms with E-state index in [1.807, 2.05) is 10.1 Å². The van der Waals surface area contributed by atoms with E-state index >= 15 is 0 Å². The van der Waals surface area contributed by atoms with E-state index in [0.29, 0.717) is 5.56 Å². The highest BCUT2D eigenvalue weighted by molar-refractivity contribution is 5.87. The Balaban J connectivity index is 2.04. The number of anilines is 1. The minimum absolute atomic E-state index is 0.155. The molecule has 0 aliphatic rings. The molecule has 0 spiro atoms. The van der Waals surface area contributed by atoms with Crippen LogP contribution < -0.4 is 31.5 Å². The number of nitrogens with one attached hydrogen (secondary N) is 4. The van der Waals surface area contributed by atoms with Crippen molar-refractivity contribution in [2.24, 2.45) is 5.10 Å². The Kier molecular flexibility index (Phi) is 6.14.